The van der Waals surface area contributed by atoms with E-state index in [1.165, 1.54) is 16.7 Å². The molecule has 0 saturated heterocycles. The van der Waals surface area contributed by atoms with Crippen LogP contribution in [0.4, 0.5) is 5.69 Å². The van der Waals surface area contributed by atoms with E-state index in [1.807, 2.05) is 4.57 Å². The van der Waals surface area contributed by atoms with E-state index >= 15 is 0 Å². The van der Waals surface area contributed by atoms with Crippen LogP contribution >= 0.6 is 11.8 Å². The Morgan fingerprint density at radius 3 is 2.86 bits per heavy atom. The third kappa shape index (κ3) is 4.51. The van der Waals surface area contributed by atoms with E-state index < -0.39 is 0 Å². The minimum Gasteiger partial charge on any atom is -0.467 e. The van der Waals surface area contributed by atoms with Crippen molar-refractivity contribution < 1.29 is 14.0 Å². The van der Waals surface area contributed by atoms with Gasteiger partial charge in [0, 0.05) is 13.1 Å². The van der Waals surface area contributed by atoms with Crippen LogP contribution in [0.5, 0.6) is 0 Å². The predicted molar refractivity (Wildman–Crippen MR) is 109 cm³/mol. The smallest absolute Gasteiger partial charge is 0.253 e. The van der Waals surface area contributed by atoms with Crippen LogP contribution in [0.25, 0.3) is 0 Å². The molecule has 0 aliphatic heterocycles. The Bertz CT molecular complexity index is 997. The molecular weight excluding hydrogens is 390 g/mol. The second-order valence-corrected chi connectivity index (χ2v) is 7.72. The molecule has 1 aromatic carbocycles. The summed E-state index contributed by atoms with van der Waals surface area (Å²) in [4.78, 5) is 26.9. The number of benzene rings is 1. The number of amides is 2. The Labute approximate surface area is 172 Å². The van der Waals surface area contributed by atoms with Gasteiger partial charge in [0.05, 0.1) is 29.8 Å². The van der Waals surface area contributed by atoms with Crippen molar-refractivity contribution in [1.82, 2.24) is 20.1 Å². The standard InChI is InChI=1S/C20H21N5O3S/c1-24(18(26)12-29-20-23-22-13-25(20)14-8-9-14)17-7-3-2-6-16(17)19(27)21-11-15-5-4-10-28-15/h2-7,10,13-14H,8-9,11-12H2,1H3,(H,21,27). The molecule has 29 heavy (non-hydrogen) atoms. The maximum Gasteiger partial charge on any atom is 0.253 e. The van der Waals surface area contributed by atoms with Crippen LogP contribution in [0.2, 0.25) is 0 Å². The molecule has 0 radical (unpaired) electrons. The summed E-state index contributed by atoms with van der Waals surface area (Å²) in [6.07, 6.45) is 5.52. The van der Waals surface area contributed by atoms with Crippen LogP contribution in [0.15, 0.2) is 58.6 Å². The number of nitrogens with one attached hydrogen (secondary N) is 1. The lowest BCUT2D eigenvalue weighted by atomic mass is 10.1. The number of hydrogen-bond acceptors (Lipinski definition) is 6. The van der Waals surface area contributed by atoms with E-state index in [1.54, 1.807) is 56.0 Å². The molecule has 2 heterocycles. The molecule has 9 heteroatoms. The van der Waals surface area contributed by atoms with Crippen molar-refractivity contribution in [2.75, 3.05) is 17.7 Å². The lowest BCUT2D eigenvalue weighted by molar-refractivity contribution is -0.115. The third-order valence-corrected chi connectivity index (χ3v) is 5.63. The number of nitrogens with zero attached hydrogens (tertiary/aromatic N) is 4. The largest absolute Gasteiger partial charge is 0.467 e. The zero-order valence-electron chi connectivity index (χ0n) is 15.9. The molecule has 2 aromatic heterocycles. The number of hydrogen-bond donors (Lipinski definition) is 1. The zero-order chi connectivity index (χ0) is 20.2. The normalized spacial score (nSPS) is 13.3. The number of carbonyl (C=O) groups is 2. The molecule has 8 nitrogen and oxygen atoms in total. The monoisotopic (exact) mass is 411 g/mol. The molecule has 150 valence electrons. The fourth-order valence-corrected chi connectivity index (χ4v) is 3.83. The topological polar surface area (TPSA) is 93.3 Å². The van der Waals surface area contributed by atoms with Gasteiger partial charge in [-0.2, -0.15) is 0 Å². The first-order valence-corrected chi connectivity index (χ1v) is 10.3. The molecule has 1 aliphatic rings. The number of para-hydroxylation sites is 1. The van der Waals surface area contributed by atoms with Gasteiger partial charge < -0.3 is 19.2 Å². The first-order valence-electron chi connectivity index (χ1n) is 9.32. The van der Waals surface area contributed by atoms with Gasteiger partial charge in [-0.25, -0.2) is 0 Å². The van der Waals surface area contributed by atoms with E-state index in [2.05, 4.69) is 15.5 Å². The Balaban J connectivity index is 1.40. The SMILES string of the molecule is CN(C(=O)CSc1nncn1C1CC1)c1ccccc1C(=O)NCc1ccco1. The molecule has 1 aliphatic carbocycles. The van der Waals surface area contributed by atoms with Gasteiger partial charge in [0.1, 0.15) is 12.1 Å². The maximum atomic E-state index is 12.8. The number of furan rings is 1. The van der Waals surface area contributed by atoms with E-state index in [0.717, 1.165) is 18.0 Å². The lowest BCUT2D eigenvalue weighted by Gasteiger charge is -2.20. The van der Waals surface area contributed by atoms with Gasteiger partial charge in [-0.05, 0) is 37.1 Å². The molecule has 2 amide bonds. The molecule has 1 fully saturated rings. The second-order valence-electron chi connectivity index (χ2n) is 6.77. The van der Waals surface area contributed by atoms with Crippen molar-refractivity contribution in [2.45, 2.75) is 30.6 Å². The van der Waals surface area contributed by atoms with Crippen LogP contribution < -0.4 is 10.2 Å². The first-order chi connectivity index (χ1) is 14.1. The average Bonchev–Trinajstić information content (AvgIpc) is 3.25. The highest BCUT2D eigenvalue weighted by molar-refractivity contribution is 7.99. The van der Waals surface area contributed by atoms with Gasteiger partial charge in [-0.15, -0.1) is 10.2 Å². The van der Waals surface area contributed by atoms with Crippen molar-refractivity contribution in [3.05, 3.63) is 60.3 Å². The van der Waals surface area contributed by atoms with Crippen LogP contribution in [0.1, 0.15) is 35.0 Å². The van der Waals surface area contributed by atoms with Crippen molar-refractivity contribution in [1.29, 1.82) is 0 Å². The van der Waals surface area contributed by atoms with Crippen molar-refractivity contribution in [3.8, 4) is 0 Å². The summed E-state index contributed by atoms with van der Waals surface area (Å²) in [5, 5.41) is 11.6. The number of aromatic nitrogens is 3. The van der Waals surface area contributed by atoms with Crippen molar-refractivity contribution in [2.24, 2.45) is 0 Å². The van der Waals surface area contributed by atoms with Crippen molar-refractivity contribution >= 4 is 29.3 Å². The molecule has 3 aromatic rings. The van der Waals surface area contributed by atoms with Crippen molar-refractivity contribution in [3.63, 3.8) is 0 Å². The fraction of sp³-hybridized carbons (Fsp3) is 0.300. The Morgan fingerprint density at radius 2 is 2.10 bits per heavy atom. The molecule has 0 spiro atoms. The third-order valence-electron chi connectivity index (χ3n) is 4.69. The number of anilines is 1. The summed E-state index contributed by atoms with van der Waals surface area (Å²) in [5.74, 6) is 0.491. The highest BCUT2D eigenvalue weighted by atomic mass is 32.2. The van der Waals surface area contributed by atoms with E-state index in [4.69, 9.17) is 4.42 Å². The molecule has 1 N–H and O–H groups in total. The number of rotatable bonds is 8. The fourth-order valence-electron chi connectivity index (χ4n) is 2.93. The van der Waals surface area contributed by atoms with E-state index in [-0.39, 0.29) is 24.1 Å². The van der Waals surface area contributed by atoms with Gasteiger partial charge in [-0.3, -0.25) is 9.59 Å². The molecule has 0 bridgehead atoms. The summed E-state index contributed by atoms with van der Waals surface area (Å²) >= 11 is 1.36. The van der Waals surface area contributed by atoms with Crippen LogP contribution in [-0.2, 0) is 11.3 Å². The van der Waals surface area contributed by atoms with Gasteiger partial charge in [0.15, 0.2) is 5.16 Å². The van der Waals surface area contributed by atoms with Gasteiger partial charge >= 0.3 is 0 Å². The summed E-state index contributed by atoms with van der Waals surface area (Å²) in [5.41, 5.74) is 0.986. The maximum absolute atomic E-state index is 12.8. The second kappa shape index (κ2) is 8.52. The first kappa shape index (κ1) is 19.3. The van der Waals surface area contributed by atoms with Crippen LogP contribution in [-0.4, -0.2) is 39.4 Å². The molecular formula is C20H21N5O3S. The minimum absolute atomic E-state index is 0.119. The minimum atomic E-state index is -0.266. The summed E-state index contributed by atoms with van der Waals surface area (Å²) in [6, 6.07) is 11.1. The summed E-state index contributed by atoms with van der Waals surface area (Å²) < 4.78 is 7.26. The Morgan fingerprint density at radius 1 is 1.28 bits per heavy atom. The Kier molecular flexibility index (Phi) is 5.66. The highest BCUT2D eigenvalue weighted by Gasteiger charge is 2.27. The molecule has 0 atom stereocenters. The molecule has 0 unspecified atom stereocenters. The number of carbonyl (C=O) groups excluding carboxylic acids is 2. The van der Waals surface area contributed by atoms with Crippen LogP contribution in [0, 0.1) is 0 Å². The van der Waals surface area contributed by atoms with E-state index in [0.29, 0.717) is 23.1 Å². The average molecular weight is 411 g/mol. The summed E-state index contributed by atoms with van der Waals surface area (Å²) in [6.45, 7) is 0.282. The lowest BCUT2D eigenvalue weighted by Crippen LogP contribution is -2.31. The van der Waals surface area contributed by atoms with Gasteiger partial charge in [-0.1, -0.05) is 23.9 Å². The molecule has 4 rings (SSSR count). The van der Waals surface area contributed by atoms with Crippen LogP contribution in [0.3, 0.4) is 0 Å². The quantitative estimate of drug-likeness (QED) is 0.573. The summed E-state index contributed by atoms with van der Waals surface area (Å²) in [7, 11) is 1.67. The molecule has 1 saturated carbocycles. The van der Waals surface area contributed by atoms with E-state index in [9.17, 15) is 9.59 Å². The van der Waals surface area contributed by atoms with Gasteiger partial charge in [0.2, 0.25) is 5.91 Å². The highest BCUT2D eigenvalue weighted by Crippen LogP contribution is 2.37. The predicted octanol–water partition coefficient (Wildman–Crippen LogP) is 2.89. The Hall–Kier alpha value is -3.07. The number of thioether (sulfide) groups is 1. The zero-order valence-corrected chi connectivity index (χ0v) is 16.8. The van der Waals surface area contributed by atoms with Gasteiger partial charge in [0.25, 0.3) is 5.91 Å².